The Morgan fingerprint density at radius 3 is 2.14 bits per heavy atom. The monoisotopic (exact) mass is 382 g/mol. The lowest BCUT2D eigenvalue weighted by molar-refractivity contribution is 0.102. The van der Waals surface area contributed by atoms with Gasteiger partial charge in [-0.25, -0.2) is 0 Å². The molecule has 0 aliphatic rings. The van der Waals surface area contributed by atoms with Crippen molar-refractivity contribution < 1.29 is 4.79 Å². The van der Waals surface area contributed by atoms with Gasteiger partial charge in [0, 0.05) is 29.2 Å². The number of aryl methyl sites for hydroxylation is 2. The van der Waals surface area contributed by atoms with Crippen LogP contribution in [0.4, 0.5) is 5.69 Å². The second-order valence-electron chi connectivity index (χ2n) is 7.32. The van der Waals surface area contributed by atoms with Crippen LogP contribution >= 0.6 is 0 Å². The summed E-state index contributed by atoms with van der Waals surface area (Å²) in [4.78, 5) is 26.5. The van der Waals surface area contributed by atoms with Crippen molar-refractivity contribution in [3.63, 3.8) is 0 Å². The zero-order valence-corrected chi connectivity index (χ0v) is 18.2. The van der Waals surface area contributed by atoms with E-state index in [2.05, 4.69) is 37.6 Å². The summed E-state index contributed by atoms with van der Waals surface area (Å²) in [5.74, 6) is -0.281. The number of amides is 1. The van der Waals surface area contributed by atoms with E-state index in [9.17, 15) is 9.59 Å². The summed E-state index contributed by atoms with van der Waals surface area (Å²) in [6.07, 6.45) is 4.37. The van der Waals surface area contributed by atoms with Gasteiger partial charge in [-0.2, -0.15) is 0 Å². The Hall–Kier alpha value is -2.36. The lowest BCUT2D eigenvalue weighted by Crippen LogP contribution is -2.31. The van der Waals surface area contributed by atoms with Crippen molar-refractivity contribution in [2.24, 2.45) is 0 Å². The number of carbonyl (C=O) groups is 1. The van der Waals surface area contributed by atoms with E-state index in [1.165, 1.54) is 0 Å². The molecule has 0 spiro atoms. The highest BCUT2D eigenvalue weighted by atomic mass is 16.2. The lowest BCUT2D eigenvalue weighted by Gasteiger charge is -2.21. The maximum Gasteiger partial charge on any atom is 0.261 e. The third-order valence-electron chi connectivity index (χ3n) is 5.68. The molecule has 1 heterocycles. The summed E-state index contributed by atoms with van der Waals surface area (Å²) in [5, 5.41) is 3.10. The second kappa shape index (κ2) is 9.72. The van der Waals surface area contributed by atoms with Gasteiger partial charge < -0.3 is 9.88 Å². The van der Waals surface area contributed by atoms with Crippen LogP contribution in [0.1, 0.15) is 79.0 Å². The molecule has 0 aliphatic carbocycles. The highest BCUT2D eigenvalue weighted by molar-refractivity contribution is 6.06. The molecule has 0 bridgehead atoms. The SMILES string of the molecule is CCCCc1c(C(=O)Nc2c(CC)cccc2CC)c(=O)c(C)c(C)n1CC. The Morgan fingerprint density at radius 1 is 1.04 bits per heavy atom. The van der Waals surface area contributed by atoms with Gasteiger partial charge in [0.05, 0.1) is 0 Å². The quantitative estimate of drug-likeness (QED) is 0.682. The molecule has 28 heavy (non-hydrogen) atoms. The number of nitrogens with one attached hydrogen (secondary N) is 1. The zero-order chi connectivity index (χ0) is 20.8. The van der Waals surface area contributed by atoms with E-state index in [0.29, 0.717) is 11.1 Å². The Bertz CT molecular complexity index is 888. The summed E-state index contributed by atoms with van der Waals surface area (Å²) >= 11 is 0. The van der Waals surface area contributed by atoms with E-state index in [0.717, 1.165) is 66.9 Å². The third kappa shape index (κ3) is 4.21. The largest absolute Gasteiger partial charge is 0.348 e. The Morgan fingerprint density at radius 2 is 1.64 bits per heavy atom. The van der Waals surface area contributed by atoms with Gasteiger partial charge in [-0.15, -0.1) is 0 Å². The number of benzene rings is 1. The van der Waals surface area contributed by atoms with Gasteiger partial charge >= 0.3 is 0 Å². The Labute approximate surface area is 169 Å². The van der Waals surface area contributed by atoms with Crippen molar-refractivity contribution in [2.75, 3.05) is 5.32 Å². The topological polar surface area (TPSA) is 51.1 Å². The standard InChI is InChI=1S/C24H34N2O2/c1-7-11-15-20-21(23(27)16(5)17(6)26(20)10-4)24(28)25-22-18(8-2)13-12-14-19(22)9-3/h12-14H,7-11,15H2,1-6H3,(H,25,28). The molecule has 0 atom stereocenters. The van der Waals surface area contributed by atoms with Gasteiger partial charge in [0.15, 0.2) is 5.43 Å². The molecule has 0 saturated carbocycles. The summed E-state index contributed by atoms with van der Waals surface area (Å²) in [6, 6.07) is 6.11. The van der Waals surface area contributed by atoms with Crippen LogP contribution in [0.3, 0.4) is 0 Å². The van der Waals surface area contributed by atoms with Crippen LogP contribution in [0.25, 0.3) is 0 Å². The van der Waals surface area contributed by atoms with Crippen molar-refractivity contribution in [1.82, 2.24) is 4.57 Å². The van der Waals surface area contributed by atoms with Gasteiger partial charge in [-0.3, -0.25) is 9.59 Å². The number of hydrogen-bond acceptors (Lipinski definition) is 2. The number of para-hydroxylation sites is 1. The number of aromatic nitrogens is 1. The van der Waals surface area contributed by atoms with Crippen LogP contribution in [0.2, 0.25) is 0 Å². The molecule has 0 radical (unpaired) electrons. The first-order valence-corrected chi connectivity index (χ1v) is 10.6. The molecule has 0 fully saturated rings. The number of carbonyl (C=O) groups excluding carboxylic acids is 1. The summed E-state index contributed by atoms with van der Waals surface area (Å²) < 4.78 is 2.13. The Kier molecular flexibility index (Phi) is 7.61. The van der Waals surface area contributed by atoms with Gasteiger partial charge in [0.1, 0.15) is 5.56 Å². The van der Waals surface area contributed by atoms with E-state index in [4.69, 9.17) is 0 Å². The van der Waals surface area contributed by atoms with Crippen LogP contribution in [-0.4, -0.2) is 10.5 Å². The molecule has 4 nitrogen and oxygen atoms in total. The molecule has 0 unspecified atom stereocenters. The maximum atomic E-state index is 13.4. The third-order valence-corrected chi connectivity index (χ3v) is 5.68. The van der Waals surface area contributed by atoms with Gasteiger partial charge in [-0.05, 0) is 57.6 Å². The molecule has 1 aromatic heterocycles. The normalized spacial score (nSPS) is 10.9. The molecule has 152 valence electrons. The smallest absolute Gasteiger partial charge is 0.261 e. The molecular formula is C24H34N2O2. The minimum Gasteiger partial charge on any atom is -0.348 e. The van der Waals surface area contributed by atoms with Crippen molar-refractivity contribution >= 4 is 11.6 Å². The molecule has 1 amide bonds. The number of hydrogen-bond donors (Lipinski definition) is 1. The molecule has 0 saturated heterocycles. The van der Waals surface area contributed by atoms with Crippen molar-refractivity contribution in [2.45, 2.75) is 80.2 Å². The minimum atomic E-state index is -0.281. The first-order chi connectivity index (χ1) is 13.4. The van der Waals surface area contributed by atoms with E-state index < -0.39 is 0 Å². The average molecular weight is 383 g/mol. The average Bonchev–Trinajstić information content (AvgIpc) is 2.70. The molecule has 1 N–H and O–H groups in total. The molecule has 1 aromatic carbocycles. The van der Waals surface area contributed by atoms with Crippen molar-refractivity contribution in [3.05, 3.63) is 62.1 Å². The van der Waals surface area contributed by atoms with Crippen LogP contribution in [0, 0.1) is 13.8 Å². The number of unbranched alkanes of at least 4 members (excludes halogenated alkanes) is 1. The molecule has 0 aliphatic heterocycles. The van der Waals surface area contributed by atoms with Crippen molar-refractivity contribution in [1.29, 1.82) is 0 Å². The van der Waals surface area contributed by atoms with E-state index >= 15 is 0 Å². The minimum absolute atomic E-state index is 0.141. The van der Waals surface area contributed by atoms with E-state index in [1.807, 2.05) is 32.0 Å². The van der Waals surface area contributed by atoms with Gasteiger partial charge in [0.2, 0.25) is 0 Å². The fraction of sp³-hybridized carbons (Fsp3) is 0.500. The number of rotatable bonds is 8. The highest BCUT2D eigenvalue weighted by Gasteiger charge is 2.23. The van der Waals surface area contributed by atoms with E-state index in [-0.39, 0.29) is 11.3 Å². The first-order valence-electron chi connectivity index (χ1n) is 10.6. The maximum absolute atomic E-state index is 13.4. The molecule has 4 heteroatoms. The summed E-state index contributed by atoms with van der Waals surface area (Å²) in [5.41, 5.74) is 5.71. The van der Waals surface area contributed by atoms with E-state index in [1.54, 1.807) is 0 Å². The number of nitrogens with zero attached hydrogens (tertiary/aromatic N) is 1. The molecular weight excluding hydrogens is 348 g/mol. The highest BCUT2D eigenvalue weighted by Crippen LogP contribution is 2.24. The first kappa shape index (κ1) is 21.9. The number of pyridine rings is 1. The molecule has 2 rings (SSSR count). The summed E-state index contributed by atoms with van der Waals surface area (Å²) in [7, 11) is 0. The van der Waals surface area contributed by atoms with Crippen LogP contribution in [0.5, 0.6) is 0 Å². The number of anilines is 1. The van der Waals surface area contributed by atoms with Gasteiger partial charge in [-0.1, -0.05) is 45.4 Å². The van der Waals surface area contributed by atoms with Crippen LogP contribution in [0.15, 0.2) is 23.0 Å². The van der Waals surface area contributed by atoms with Crippen molar-refractivity contribution in [3.8, 4) is 0 Å². The van der Waals surface area contributed by atoms with Gasteiger partial charge in [0.25, 0.3) is 5.91 Å². The molecule has 2 aromatic rings. The predicted octanol–water partition coefficient (Wildman–Crippen LogP) is 5.20. The lowest BCUT2D eigenvalue weighted by atomic mass is 10.00. The summed E-state index contributed by atoms with van der Waals surface area (Å²) in [6.45, 7) is 12.9. The van der Waals surface area contributed by atoms with Crippen LogP contribution in [-0.2, 0) is 25.8 Å². The Balaban J connectivity index is 2.63. The fourth-order valence-corrected chi connectivity index (χ4v) is 3.87. The second-order valence-corrected chi connectivity index (χ2v) is 7.32. The predicted molar refractivity (Wildman–Crippen MR) is 118 cm³/mol. The van der Waals surface area contributed by atoms with Crippen LogP contribution < -0.4 is 10.7 Å². The fourth-order valence-electron chi connectivity index (χ4n) is 3.87. The zero-order valence-electron chi connectivity index (χ0n) is 18.2.